The molecule has 0 atom stereocenters. The number of carbonyl (C=O) groups is 1. The first-order valence-corrected chi connectivity index (χ1v) is 6.74. The fraction of sp³-hybridized carbons (Fsp3) is 0.417. The molecule has 0 saturated carbocycles. The number of benzene rings is 1. The van der Waals surface area contributed by atoms with E-state index in [-0.39, 0.29) is 11.6 Å². The first-order valence-electron chi connectivity index (χ1n) is 5.67. The highest BCUT2D eigenvalue weighted by atomic mass is 35.5. The number of rotatable bonds is 6. The van der Waals surface area contributed by atoms with Gasteiger partial charge >= 0.3 is 0 Å². The highest BCUT2D eigenvalue weighted by molar-refractivity contribution is 6.18. The summed E-state index contributed by atoms with van der Waals surface area (Å²) in [5, 5.41) is 10.7. The molecule has 1 amide bonds. The van der Waals surface area contributed by atoms with Crippen LogP contribution >= 0.6 is 23.2 Å². The average Bonchev–Trinajstić information content (AvgIpc) is 2.37. The van der Waals surface area contributed by atoms with Gasteiger partial charge < -0.3 is 4.90 Å². The monoisotopic (exact) mass is 304 g/mol. The topological polar surface area (TPSA) is 63.5 Å². The number of nitro groups is 1. The molecule has 1 rings (SSSR count). The van der Waals surface area contributed by atoms with Crippen LogP contribution in [-0.4, -0.2) is 40.6 Å². The van der Waals surface area contributed by atoms with Crippen molar-refractivity contribution in [3.63, 3.8) is 0 Å². The van der Waals surface area contributed by atoms with E-state index in [2.05, 4.69) is 0 Å². The molecule has 5 nitrogen and oxygen atoms in total. The molecule has 1 aromatic carbocycles. The maximum atomic E-state index is 12.2. The van der Waals surface area contributed by atoms with E-state index in [4.69, 9.17) is 23.2 Å². The molecule has 0 spiro atoms. The zero-order valence-corrected chi connectivity index (χ0v) is 11.9. The Morgan fingerprint density at radius 3 is 2.32 bits per heavy atom. The fourth-order valence-electron chi connectivity index (χ4n) is 1.69. The summed E-state index contributed by atoms with van der Waals surface area (Å²) in [6.07, 6.45) is 0. The van der Waals surface area contributed by atoms with Crippen LogP contribution in [0.4, 0.5) is 5.69 Å². The fourth-order valence-corrected chi connectivity index (χ4v) is 2.10. The lowest BCUT2D eigenvalue weighted by atomic mass is 10.1. The minimum Gasteiger partial charge on any atom is -0.336 e. The third-order valence-corrected chi connectivity index (χ3v) is 2.97. The molecule has 0 N–H and O–H groups in total. The largest absolute Gasteiger partial charge is 0.336 e. The number of hydrogen-bond donors (Lipinski definition) is 0. The third-order valence-electron chi connectivity index (χ3n) is 2.64. The molecule has 19 heavy (non-hydrogen) atoms. The van der Waals surface area contributed by atoms with E-state index >= 15 is 0 Å². The van der Waals surface area contributed by atoms with Crippen LogP contribution in [0.5, 0.6) is 0 Å². The summed E-state index contributed by atoms with van der Waals surface area (Å²) >= 11 is 11.3. The lowest BCUT2D eigenvalue weighted by molar-refractivity contribution is -0.385. The molecule has 104 valence electrons. The Balaban J connectivity index is 2.98. The molecule has 0 unspecified atom stereocenters. The molecule has 0 aliphatic heterocycles. The summed E-state index contributed by atoms with van der Waals surface area (Å²) < 4.78 is 0. The van der Waals surface area contributed by atoms with Crippen LogP contribution in [0.25, 0.3) is 0 Å². The smallest absolute Gasteiger partial charge is 0.272 e. The predicted molar refractivity (Wildman–Crippen MR) is 75.2 cm³/mol. The average molecular weight is 305 g/mol. The number of hydrogen-bond acceptors (Lipinski definition) is 3. The van der Waals surface area contributed by atoms with Crippen molar-refractivity contribution < 1.29 is 9.72 Å². The van der Waals surface area contributed by atoms with Gasteiger partial charge in [-0.15, -0.1) is 23.2 Å². The summed E-state index contributed by atoms with van der Waals surface area (Å²) in [4.78, 5) is 24.0. The van der Waals surface area contributed by atoms with Crippen LogP contribution in [0.15, 0.2) is 18.2 Å². The van der Waals surface area contributed by atoms with Gasteiger partial charge in [0.2, 0.25) is 0 Å². The number of nitro benzene ring substituents is 1. The van der Waals surface area contributed by atoms with Gasteiger partial charge in [-0.05, 0) is 19.1 Å². The molecule has 1 aromatic rings. The first-order chi connectivity index (χ1) is 9.01. The molecular formula is C12H14Cl2N2O3. The lowest BCUT2D eigenvalue weighted by Gasteiger charge is -2.20. The Kier molecular flexibility index (Phi) is 6.05. The minimum atomic E-state index is -0.473. The normalized spacial score (nSPS) is 10.3. The van der Waals surface area contributed by atoms with Crippen molar-refractivity contribution in [2.45, 2.75) is 6.92 Å². The van der Waals surface area contributed by atoms with E-state index in [9.17, 15) is 14.9 Å². The molecule has 0 aliphatic carbocycles. The maximum Gasteiger partial charge on any atom is 0.272 e. The van der Waals surface area contributed by atoms with E-state index in [1.54, 1.807) is 6.92 Å². The second kappa shape index (κ2) is 7.31. The van der Waals surface area contributed by atoms with Gasteiger partial charge in [0.1, 0.15) is 0 Å². The molecule has 0 saturated heterocycles. The number of nitrogens with zero attached hydrogens (tertiary/aromatic N) is 2. The standard InChI is InChI=1S/C12H14Cl2N2O3/c1-9-8-10(2-3-11(9)16(18)19)12(17)15(6-4-13)7-5-14/h2-3,8H,4-7H2,1H3. The summed E-state index contributed by atoms with van der Waals surface area (Å²) in [6, 6.07) is 4.29. The van der Waals surface area contributed by atoms with Crippen molar-refractivity contribution in [3.8, 4) is 0 Å². The van der Waals surface area contributed by atoms with Crippen molar-refractivity contribution in [2.24, 2.45) is 0 Å². The van der Waals surface area contributed by atoms with Crippen molar-refractivity contribution >= 4 is 34.8 Å². The number of amides is 1. The van der Waals surface area contributed by atoms with Crippen molar-refractivity contribution in [1.29, 1.82) is 0 Å². The minimum absolute atomic E-state index is 0.00205. The number of carbonyl (C=O) groups excluding carboxylic acids is 1. The molecule has 0 fully saturated rings. The van der Waals surface area contributed by atoms with Gasteiger partial charge in [-0.25, -0.2) is 0 Å². The van der Waals surface area contributed by atoms with Gasteiger partial charge in [-0.3, -0.25) is 14.9 Å². The Hall–Kier alpha value is -1.33. The lowest BCUT2D eigenvalue weighted by Crippen LogP contribution is -2.34. The predicted octanol–water partition coefficient (Wildman–Crippen LogP) is 2.82. The van der Waals surface area contributed by atoms with Gasteiger partial charge in [0, 0.05) is 42.0 Å². The molecule has 7 heteroatoms. The van der Waals surface area contributed by atoms with Crippen LogP contribution in [0.3, 0.4) is 0 Å². The molecule has 0 bridgehead atoms. The van der Waals surface area contributed by atoms with Gasteiger partial charge in [0.25, 0.3) is 11.6 Å². The second-order valence-corrected chi connectivity index (χ2v) is 4.68. The Labute approximate surface area is 121 Å². The van der Waals surface area contributed by atoms with Crippen LogP contribution in [0.1, 0.15) is 15.9 Å². The van der Waals surface area contributed by atoms with Crippen molar-refractivity contribution in [1.82, 2.24) is 4.90 Å². The Morgan fingerprint density at radius 2 is 1.89 bits per heavy atom. The SMILES string of the molecule is Cc1cc(C(=O)N(CCCl)CCCl)ccc1[N+](=O)[O-]. The summed E-state index contributed by atoms with van der Waals surface area (Å²) in [5.41, 5.74) is 0.851. The van der Waals surface area contributed by atoms with Crippen LogP contribution in [-0.2, 0) is 0 Å². The zero-order chi connectivity index (χ0) is 14.4. The molecule has 0 radical (unpaired) electrons. The zero-order valence-electron chi connectivity index (χ0n) is 10.4. The van der Waals surface area contributed by atoms with Crippen molar-refractivity contribution in [3.05, 3.63) is 39.4 Å². The molecule has 0 aliphatic rings. The van der Waals surface area contributed by atoms with Crippen LogP contribution in [0, 0.1) is 17.0 Å². The number of halogens is 2. The van der Waals surface area contributed by atoms with E-state index in [0.717, 1.165) is 0 Å². The summed E-state index contributed by atoms with van der Waals surface area (Å²) in [7, 11) is 0. The number of aryl methyl sites for hydroxylation is 1. The van der Waals surface area contributed by atoms with Gasteiger partial charge in [0.15, 0.2) is 0 Å². The van der Waals surface area contributed by atoms with Crippen LogP contribution in [0.2, 0.25) is 0 Å². The molecular weight excluding hydrogens is 291 g/mol. The van der Waals surface area contributed by atoms with Gasteiger partial charge in [0.05, 0.1) is 4.92 Å². The van der Waals surface area contributed by atoms with Gasteiger partial charge in [-0.1, -0.05) is 0 Å². The van der Waals surface area contributed by atoms with E-state index in [1.165, 1.54) is 23.1 Å². The summed E-state index contributed by atoms with van der Waals surface area (Å²) in [5.74, 6) is 0.405. The highest BCUT2D eigenvalue weighted by Gasteiger charge is 2.18. The van der Waals surface area contributed by atoms with Crippen molar-refractivity contribution in [2.75, 3.05) is 24.8 Å². The molecule has 0 aromatic heterocycles. The third kappa shape index (κ3) is 4.08. The quantitative estimate of drug-likeness (QED) is 0.461. The Bertz CT molecular complexity index is 474. The highest BCUT2D eigenvalue weighted by Crippen LogP contribution is 2.19. The van der Waals surface area contributed by atoms with Crippen LogP contribution < -0.4 is 0 Å². The van der Waals surface area contributed by atoms with E-state index in [0.29, 0.717) is 36.0 Å². The first kappa shape index (κ1) is 15.7. The maximum absolute atomic E-state index is 12.2. The van der Waals surface area contributed by atoms with Gasteiger partial charge in [-0.2, -0.15) is 0 Å². The molecule has 0 heterocycles. The number of alkyl halides is 2. The Morgan fingerprint density at radius 1 is 1.32 bits per heavy atom. The second-order valence-electron chi connectivity index (χ2n) is 3.93. The summed E-state index contributed by atoms with van der Waals surface area (Å²) in [6.45, 7) is 2.38. The van der Waals surface area contributed by atoms with E-state index < -0.39 is 4.92 Å². The van der Waals surface area contributed by atoms with E-state index in [1.807, 2.05) is 0 Å².